The summed E-state index contributed by atoms with van der Waals surface area (Å²) in [6.45, 7) is 3.74. The summed E-state index contributed by atoms with van der Waals surface area (Å²) in [7, 11) is 0. The van der Waals surface area contributed by atoms with Crippen LogP contribution >= 0.6 is 35.0 Å². The molecule has 1 N–H and O–H groups in total. The van der Waals surface area contributed by atoms with Crippen molar-refractivity contribution in [1.82, 2.24) is 15.1 Å². The third-order valence-electron chi connectivity index (χ3n) is 7.39. The van der Waals surface area contributed by atoms with Crippen LogP contribution in [0.25, 0.3) is 11.1 Å². The largest absolute Gasteiger partial charge is 0.490 e. The molecule has 14 heteroatoms. The third-order valence-corrected chi connectivity index (χ3v) is 9.27. The van der Waals surface area contributed by atoms with Gasteiger partial charge in [-0.2, -0.15) is 10.2 Å². The number of carbonyl (C=O) groups excluding carboxylic acids is 2. The number of halogens is 2. The summed E-state index contributed by atoms with van der Waals surface area (Å²) in [5, 5.41) is 19.8. The molecule has 1 aromatic heterocycles. The first kappa shape index (κ1) is 31.6. The molecule has 0 spiro atoms. The molecule has 3 aromatic carbocycles. The van der Waals surface area contributed by atoms with Gasteiger partial charge in [-0.1, -0.05) is 41.4 Å². The fraction of sp³-hybridized carbons (Fsp3) is 0.250. The molecule has 4 aromatic rings. The van der Waals surface area contributed by atoms with E-state index in [9.17, 15) is 9.59 Å². The molecule has 0 unspecified atom stereocenters. The number of aromatic nitrogens is 2. The van der Waals surface area contributed by atoms with Gasteiger partial charge in [0.05, 0.1) is 30.7 Å². The topological polar surface area (TPSA) is 123 Å². The highest BCUT2D eigenvalue weighted by molar-refractivity contribution is 7.99. The van der Waals surface area contributed by atoms with Crippen LogP contribution in [0.1, 0.15) is 21.5 Å². The van der Waals surface area contributed by atoms with Crippen LogP contribution in [0.2, 0.25) is 10.0 Å². The number of nitrogens with zero attached hydrogens (tertiary/aromatic N) is 6. The second-order valence-electron chi connectivity index (χ2n) is 10.5. The Morgan fingerprint density at radius 3 is 2.78 bits per heavy atom. The van der Waals surface area contributed by atoms with Crippen LogP contribution in [-0.2, 0) is 11.3 Å². The van der Waals surface area contributed by atoms with Crippen molar-refractivity contribution in [2.24, 2.45) is 15.4 Å². The van der Waals surface area contributed by atoms with Crippen molar-refractivity contribution >= 4 is 58.4 Å². The van der Waals surface area contributed by atoms with Crippen LogP contribution in [0.5, 0.6) is 5.75 Å². The predicted molar refractivity (Wildman–Crippen MR) is 179 cm³/mol. The maximum atomic E-state index is 13.1. The van der Waals surface area contributed by atoms with Crippen molar-refractivity contribution in [1.29, 1.82) is 0 Å². The number of ether oxygens (including phenoxy) is 2. The van der Waals surface area contributed by atoms with Gasteiger partial charge < -0.3 is 14.8 Å². The van der Waals surface area contributed by atoms with Gasteiger partial charge in [0.1, 0.15) is 25.5 Å². The second-order valence-corrected chi connectivity index (χ2v) is 12.4. The lowest BCUT2D eigenvalue weighted by Gasteiger charge is -2.29. The third kappa shape index (κ3) is 7.19. The molecular formula is C32H29Cl2N7O4S. The Bertz CT molecular complexity index is 1840. The standard InChI is InChI=1S/C32H29Cl2N7O4S/c1-20-26(33)5-3-7-29(20)44-11-12-45-32(43)41-10-13-46-30-25(4-2-6-28(30)41)23-15-37-40(19-23)18-22-14-21(8-9-27(22)34)31(42)35-16-24-17-36-39-38-24/h2-9,14-15,19H,10-13,16-18H2,1H3,(H,35,42). The molecule has 3 heterocycles. The lowest BCUT2D eigenvalue weighted by atomic mass is 10.1. The minimum atomic E-state index is -0.430. The van der Waals surface area contributed by atoms with Crippen LogP contribution in [0.4, 0.5) is 10.5 Å². The Balaban J connectivity index is 1.10. The zero-order chi connectivity index (χ0) is 32.0. The van der Waals surface area contributed by atoms with Crippen LogP contribution in [-0.4, -0.2) is 66.1 Å². The molecule has 2 amide bonds. The van der Waals surface area contributed by atoms with Crippen LogP contribution in [0.3, 0.4) is 0 Å². The van der Waals surface area contributed by atoms with E-state index in [-0.39, 0.29) is 25.7 Å². The molecule has 0 bridgehead atoms. The smallest absolute Gasteiger partial charge is 0.414 e. The number of fused-ring (bicyclic) bond motifs is 1. The van der Waals surface area contributed by atoms with Crippen LogP contribution in [0, 0.1) is 6.92 Å². The molecule has 2 aliphatic rings. The fourth-order valence-electron chi connectivity index (χ4n) is 4.98. The number of rotatable bonds is 10. The Hall–Kier alpha value is -4.39. The maximum Gasteiger partial charge on any atom is 0.414 e. The van der Waals surface area contributed by atoms with E-state index in [0.29, 0.717) is 52.5 Å². The van der Waals surface area contributed by atoms with Crippen molar-refractivity contribution in [2.45, 2.75) is 18.4 Å². The second kappa shape index (κ2) is 14.4. The number of carbonyl (C=O) groups is 2. The fourth-order valence-corrected chi connectivity index (χ4v) is 6.47. The number of nitrogens with one attached hydrogen (secondary N) is 1. The minimum Gasteiger partial charge on any atom is -0.490 e. The van der Waals surface area contributed by atoms with E-state index in [1.54, 1.807) is 51.8 Å². The lowest BCUT2D eigenvalue weighted by molar-refractivity contribution is 0.0959. The summed E-state index contributed by atoms with van der Waals surface area (Å²) in [6.07, 6.45) is 3.28. The summed E-state index contributed by atoms with van der Waals surface area (Å²) < 4.78 is 13.1. The molecule has 2 aliphatic heterocycles. The Morgan fingerprint density at radius 2 is 1.93 bits per heavy atom. The number of hydrogen-bond acceptors (Lipinski definition) is 9. The van der Waals surface area contributed by atoms with E-state index in [1.807, 2.05) is 43.5 Å². The zero-order valence-electron chi connectivity index (χ0n) is 24.8. The predicted octanol–water partition coefficient (Wildman–Crippen LogP) is 6.89. The lowest BCUT2D eigenvalue weighted by Crippen LogP contribution is -2.36. The van der Waals surface area contributed by atoms with Gasteiger partial charge in [-0.05, 0) is 54.1 Å². The number of anilines is 1. The van der Waals surface area contributed by atoms with E-state index in [1.165, 1.54) is 0 Å². The van der Waals surface area contributed by atoms with Gasteiger partial charge in [0.2, 0.25) is 0 Å². The quantitative estimate of drug-likeness (QED) is 0.182. The van der Waals surface area contributed by atoms with Gasteiger partial charge in [-0.15, -0.1) is 16.9 Å². The SMILES string of the molecule is Cc1c(Cl)cccc1OCCOC(=O)N1CCSc2c(-c3cnn(Cc4cc(C(=O)NCC5=NN=NC5)ccc4Cl)c3)cccc21. The Morgan fingerprint density at radius 1 is 1.07 bits per heavy atom. The number of thioether (sulfide) groups is 1. The number of hydrogen-bond donors (Lipinski definition) is 1. The van der Waals surface area contributed by atoms with Gasteiger partial charge in [-0.3, -0.25) is 14.4 Å². The van der Waals surface area contributed by atoms with Gasteiger partial charge in [-0.25, -0.2) is 4.79 Å². The van der Waals surface area contributed by atoms with Gasteiger partial charge in [0.25, 0.3) is 5.91 Å². The van der Waals surface area contributed by atoms with E-state index in [2.05, 4.69) is 25.9 Å². The highest BCUT2D eigenvalue weighted by Gasteiger charge is 2.27. The summed E-state index contributed by atoms with van der Waals surface area (Å²) >= 11 is 14.4. The van der Waals surface area contributed by atoms with E-state index in [0.717, 1.165) is 32.8 Å². The zero-order valence-corrected chi connectivity index (χ0v) is 27.1. The monoisotopic (exact) mass is 677 g/mol. The van der Waals surface area contributed by atoms with Crippen molar-refractivity contribution in [3.8, 4) is 16.9 Å². The highest BCUT2D eigenvalue weighted by Crippen LogP contribution is 2.42. The van der Waals surface area contributed by atoms with Crippen molar-refractivity contribution in [2.75, 3.05) is 43.5 Å². The summed E-state index contributed by atoms with van der Waals surface area (Å²) in [5.41, 5.74) is 5.40. The maximum absolute atomic E-state index is 13.1. The van der Waals surface area contributed by atoms with Gasteiger partial charge in [0, 0.05) is 55.7 Å². The van der Waals surface area contributed by atoms with Crippen molar-refractivity contribution < 1.29 is 19.1 Å². The average molecular weight is 679 g/mol. The van der Waals surface area contributed by atoms with Crippen LogP contribution < -0.4 is 15.0 Å². The first-order valence-electron chi connectivity index (χ1n) is 14.5. The van der Waals surface area contributed by atoms with Gasteiger partial charge >= 0.3 is 6.09 Å². The molecule has 236 valence electrons. The molecule has 11 nitrogen and oxygen atoms in total. The van der Waals surface area contributed by atoms with E-state index >= 15 is 0 Å². The normalized spacial score (nSPS) is 13.7. The van der Waals surface area contributed by atoms with Gasteiger partial charge in [0.15, 0.2) is 0 Å². The first-order chi connectivity index (χ1) is 22.4. The highest BCUT2D eigenvalue weighted by atomic mass is 35.5. The van der Waals surface area contributed by atoms with E-state index < -0.39 is 6.09 Å². The number of benzene rings is 3. The molecule has 0 aliphatic carbocycles. The molecule has 0 saturated heterocycles. The number of amides is 2. The molecule has 46 heavy (non-hydrogen) atoms. The molecule has 6 rings (SSSR count). The molecule has 0 fully saturated rings. The van der Waals surface area contributed by atoms with E-state index in [4.69, 9.17) is 32.7 Å². The molecule has 0 atom stereocenters. The first-order valence-corrected chi connectivity index (χ1v) is 16.2. The molecule has 0 radical (unpaired) electrons. The summed E-state index contributed by atoms with van der Waals surface area (Å²) in [4.78, 5) is 28.5. The summed E-state index contributed by atoms with van der Waals surface area (Å²) in [5.74, 6) is 1.13. The Kier molecular flexibility index (Phi) is 9.86. The Labute approximate surface area is 279 Å². The van der Waals surface area contributed by atoms with Crippen LogP contribution in [0.15, 0.2) is 87.3 Å². The van der Waals surface area contributed by atoms with Crippen molar-refractivity contribution in [3.63, 3.8) is 0 Å². The summed E-state index contributed by atoms with van der Waals surface area (Å²) in [6, 6.07) is 16.4. The average Bonchev–Trinajstić information content (AvgIpc) is 3.77. The molecular weight excluding hydrogens is 649 g/mol. The minimum absolute atomic E-state index is 0.101. The van der Waals surface area contributed by atoms with Crippen molar-refractivity contribution in [3.05, 3.63) is 93.7 Å². The molecule has 0 saturated carbocycles.